The van der Waals surface area contributed by atoms with Crippen molar-refractivity contribution in [2.75, 3.05) is 6.54 Å². The number of aromatic nitrogens is 2. The molecule has 0 aliphatic carbocycles. The van der Waals surface area contributed by atoms with Gasteiger partial charge in [0.05, 0.1) is 16.8 Å². The first-order valence-electron chi connectivity index (χ1n) is 6.26. The summed E-state index contributed by atoms with van der Waals surface area (Å²) < 4.78 is 5.30. The number of hydrogen-bond donors (Lipinski definition) is 1. The summed E-state index contributed by atoms with van der Waals surface area (Å²) in [6.45, 7) is 1.02. The van der Waals surface area contributed by atoms with Crippen LogP contribution in [0.15, 0.2) is 33.7 Å². The molecule has 100 valence electrons. The van der Waals surface area contributed by atoms with Crippen molar-refractivity contribution in [1.82, 2.24) is 15.5 Å². The lowest BCUT2D eigenvalue weighted by atomic mass is 10.2. The van der Waals surface area contributed by atoms with E-state index in [0.717, 1.165) is 29.3 Å². The highest BCUT2D eigenvalue weighted by atomic mass is 35.5. The van der Waals surface area contributed by atoms with Crippen LogP contribution < -0.4 is 5.32 Å². The van der Waals surface area contributed by atoms with E-state index in [1.54, 1.807) is 11.8 Å². The van der Waals surface area contributed by atoms with Crippen LogP contribution in [0.25, 0.3) is 0 Å². The van der Waals surface area contributed by atoms with Crippen molar-refractivity contribution in [2.45, 2.75) is 29.5 Å². The van der Waals surface area contributed by atoms with E-state index in [2.05, 4.69) is 15.5 Å². The Bertz CT molecular complexity index is 554. The number of hydrogen-bond acceptors (Lipinski definition) is 5. The Morgan fingerprint density at radius 2 is 2.32 bits per heavy atom. The number of nitrogens with zero attached hydrogens (tertiary/aromatic N) is 2. The lowest BCUT2D eigenvalue weighted by Gasteiger charge is -2.02. The van der Waals surface area contributed by atoms with Crippen molar-refractivity contribution in [3.8, 4) is 0 Å². The molecular formula is C13H14ClN3OS. The summed E-state index contributed by atoms with van der Waals surface area (Å²) in [4.78, 5) is 5.47. The van der Waals surface area contributed by atoms with Crippen molar-refractivity contribution in [2.24, 2.45) is 0 Å². The van der Waals surface area contributed by atoms with E-state index in [0.29, 0.717) is 17.5 Å². The second-order valence-corrected chi connectivity index (χ2v) is 5.84. The van der Waals surface area contributed by atoms with E-state index in [1.807, 2.05) is 24.3 Å². The van der Waals surface area contributed by atoms with Crippen molar-refractivity contribution in [1.29, 1.82) is 0 Å². The monoisotopic (exact) mass is 295 g/mol. The van der Waals surface area contributed by atoms with Crippen LogP contribution in [0.3, 0.4) is 0 Å². The van der Waals surface area contributed by atoms with Gasteiger partial charge in [-0.2, -0.15) is 4.98 Å². The van der Waals surface area contributed by atoms with Crippen LogP contribution in [0, 0.1) is 0 Å². The SMILES string of the molecule is Clc1ccccc1SCc1noc(C2CCCN2)n1. The predicted molar refractivity (Wildman–Crippen MR) is 75.3 cm³/mol. The Morgan fingerprint density at radius 3 is 3.11 bits per heavy atom. The Kier molecular flexibility index (Phi) is 4.06. The molecule has 2 heterocycles. The normalized spacial score (nSPS) is 18.9. The highest BCUT2D eigenvalue weighted by molar-refractivity contribution is 7.98. The van der Waals surface area contributed by atoms with Crippen LogP contribution in [-0.2, 0) is 5.75 Å². The minimum atomic E-state index is 0.228. The summed E-state index contributed by atoms with van der Waals surface area (Å²) >= 11 is 7.72. The van der Waals surface area contributed by atoms with Gasteiger partial charge in [-0.15, -0.1) is 11.8 Å². The zero-order valence-corrected chi connectivity index (χ0v) is 11.9. The van der Waals surface area contributed by atoms with Crippen LogP contribution >= 0.6 is 23.4 Å². The maximum absolute atomic E-state index is 6.10. The lowest BCUT2D eigenvalue weighted by molar-refractivity contribution is 0.342. The molecule has 1 atom stereocenters. The number of rotatable bonds is 4. The van der Waals surface area contributed by atoms with Gasteiger partial charge in [0.15, 0.2) is 5.82 Å². The maximum Gasteiger partial charge on any atom is 0.243 e. The van der Waals surface area contributed by atoms with Crippen molar-refractivity contribution >= 4 is 23.4 Å². The molecule has 1 N–H and O–H groups in total. The van der Waals surface area contributed by atoms with Gasteiger partial charge < -0.3 is 9.84 Å². The third-order valence-electron chi connectivity index (χ3n) is 3.04. The molecular weight excluding hydrogens is 282 g/mol. The third-order valence-corrected chi connectivity index (χ3v) is 4.55. The fraction of sp³-hybridized carbons (Fsp3) is 0.385. The Hall–Kier alpha value is -1.04. The van der Waals surface area contributed by atoms with Gasteiger partial charge in [0.2, 0.25) is 5.89 Å². The minimum Gasteiger partial charge on any atom is -0.338 e. The second kappa shape index (κ2) is 5.94. The maximum atomic E-state index is 6.10. The Balaban J connectivity index is 1.63. The molecule has 1 aromatic heterocycles. The van der Waals surface area contributed by atoms with E-state index in [9.17, 15) is 0 Å². The molecule has 3 rings (SSSR count). The van der Waals surface area contributed by atoms with Crippen molar-refractivity contribution in [3.05, 3.63) is 41.0 Å². The fourth-order valence-corrected chi connectivity index (χ4v) is 3.15. The molecule has 0 bridgehead atoms. The van der Waals surface area contributed by atoms with Crippen molar-refractivity contribution in [3.63, 3.8) is 0 Å². The van der Waals surface area contributed by atoms with Crippen LogP contribution in [0.5, 0.6) is 0 Å². The Morgan fingerprint density at radius 1 is 1.42 bits per heavy atom. The molecule has 1 aromatic carbocycles. The van der Waals surface area contributed by atoms with Gasteiger partial charge in [-0.1, -0.05) is 28.9 Å². The van der Waals surface area contributed by atoms with Gasteiger partial charge in [-0.3, -0.25) is 0 Å². The Labute approximate surface area is 120 Å². The van der Waals surface area contributed by atoms with E-state index >= 15 is 0 Å². The minimum absolute atomic E-state index is 0.228. The second-order valence-electron chi connectivity index (χ2n) is 4.42. The summed E-state index contributed by atoms with van der Waals surface area (Å²) in [5.41, 5.74) is 0. The summed E-state index contributed by atoms with van der Waals surface area (Å²) in [7, 11) is 0. The quantitative estimate of drug-likeness (QED) is 0.876. The van der Waals surface area contributed by atoms with E-state index < -0.39 is 0 Å². The summed E-state index contributed by atoms with van der Waals surface area (Å²) in [5.74, 6) is 2.08. The summed E-state index contributed by atoms with van der Waals surface area (Å²) in [6.07, 6.45) is 2.23. The van der Waals surface area contributed by atoms with Crippen molar-refractivity contribution < 1.29 is 4.52 Å². The largest absolute Gasteiger partial charge is 0.338 e. The molecule has 1 fully saturated rings. The smallest absolute Gasteiger partial charge is 0.243 e. The first kappa shape index (κ1) is 13.0. The van der Waals surface area contributed by atoms with Crippen LogP contribution in [-0.4, -0.2) is 16.7 Å². The summed E-state index contributed by atoms with van der Waals surface area (Å²) in [5, 5.41) is 8.12. The fourth-order valence-electron chi connectivity index (χ4n) is 2.07. The summed E-state index contributed by atoms with van der Waals surface area (Å²) in [6, 6.07) is 8.00. The molecule has 1 unspecified atom stereocenters. The highest BCUT2D eigenvalue weighted by Gasteiger charge is 2.22. The zero-order valence-electron chi connectivity index (χ0n) is 10.3. The van der Waals surface area contributed by atoms with E-state index in [4.69, 9.17) is 16.1 Å². The standard InChI is InChI=1S/C13H14ClN3OS/c14-9-4-1-2-6-11(9)19-8-12-16-13(18-17-12)10-5-3-7-15-10/h1-2,4,6,10,15H,3,5,7-8H2. The zero-order chi connectivity index (χ0) is 13.1. The topological polar surface area (TPSA) is 51.0 Å². The number of halogens is 1. The van der Waals surface area contributed by atoms with Gasteiger partial charge in [-0.25, -0.2) is 0 Å². The molecule has 0 saturated carbocycles. The molecule has 0 radical (unpaired) electrons. The molecule has 1 aliphatic rings. The van der Waals surface area contributed by atoms with Gasteiger partial charge >= 0.3 is 0 Å². The molecule has 0 amide bonds. The van der Waals surface area contributed by atoms with Crippen LogP contribution in [0.2, 0.25) is 5.02 Å². The van der Waals surface area contributed by atoms with Gasteiger partial charge in [0.1, 0.15) is 0 Å². The molecule has 1 aliphatic heterocycles. The lowest BCUT2D eigenvalue weighted by Crippen LogP contribution is -2.13. The average Bonchev–Trinajstić information content (AvgIpc) is 3.09. The average molecular weight is 296 g/mol. The molecule has 2 aromatic rings. The predicted octanol–water partition coefficient (Wildman–Crippen LogP) is 3.44. The van der Waals surface area contributed by atoms with Gasteiger partial charge in [0, 0.05) is 4.90 Å². The van der Waals surface area contributed by atoms with Crippen LogP contribution in [0.1, 0.15) is 30.6 Å². The number of benzene rings is 1. The number of thioether (sulfide) groups is 1. The van der Waals surface area contributed by atoms with E-state index in [-0.39, 0.29) is 6.04 Å². The number of nitrogens with one attached hydrogen (secondary N) is 1. The third kappa shape index (κ3) is 3.11. The molecule has 19 heavy (non-hydrogen) atoms. The first-order valence-corrected chi connectivity index (χ1v) is 7.62. The van der Waals surface area contributed by atoms with E-state index in [1.165, 1.54) is 0 Å². The first-order chi connectivity index (χ1) is 9.33. The van der Waals surface area contributed by atoms with Gasteiger partial charge in [0.25, 0.3) is 0 Å². The molecule has 1 saturated heterocycles. The molecule has 6 heteroatoms. The molecule has 0 spiro atoms. The van der Waals surface area contributed by atoms with Crippen LogP contribution in [0.4, 0.5) is 0 Å². The highest BCUT2D eigenvalue weighted by Crippen LogP contribution is 2.29. The van der Waals surface area contributed by atoms with Gasteiger partial charge in [-0.05, 0) is 31.5 Å². The molecule has 4 nitrogen and oxygen atoms in total.